The van der Waals surface area contributed by atoms with E-state index in [4.69, 9.17) is 4.74 Å². The zero-order valence-corrected chi connectivity index (χ0v) is 14.8. The molecule has 1 saturated carbocycles. The molecule has 1 atom stereocenters. The van der Waals surface area contributed by atoms with Crippen molar-refractivity contribution in [3.8, 4) is 0 Å². The number of anilines is 1. The van der Waals surface area contributed by atoms with E-state index in [-0.39, 0.29) is 23.6 Å². The van der Waals surface area contributed by atoms with Gasteiger partial charge >= 0.3 is 0 Å². The molecule has 138 valence electrons. The Kier molecular flexibility index (Phi) is 4.19. The van der Waals surface area contributed by atoms with Crippen LogP contribution in [0.3, 0.4) is 0 Å². The monoisotopic (exact) mass is 357 g/mol. The van der Waals surface area contributed by atoms with Crippen LogP contribution < -0.4 is 10.6 Å². The predicted octanol–water partition coefficient (Wildman–Crippen LogP) is 0.939. The molecular weight excluding hydrogens is 334 g/mol. The summed E-state index contributed by atoms with van der Waals surface area (Å²) >= 11 is 0. The van der Waals surface area contributed by atoms with Crippen LogP contribution in [0.25, 0.3) is 0 Å². The Balaban J connectivity index is 1.48. The second kappa shape index (κ2) is 6.39. The van der Waals surface area contributed by atoms with Crippen molar-refractivity contribution in [2.75, 3.05) is 32.1 Å². The highest BCUT2D eigenvalue weighted by Gasteiger charge is 2.44. The number of fused-ring (bicyclic) bond motifs is 1. The maximum Gasteiger partial charge on any atom is 0.253 e. The number of amides is 3. The van der Waals surface area contributed by atoms with Gasteiger partial charge in [-0.25, -0.2) is 0 Å². The van der Waals surface area contributed by atoms with Crippen molar-refractivity contribution < 1.29 is 19.1 Å². The summed E-state index contributed by atoms with van der Waals surface area (Å²) in [5.41, 5.74) is 1.68. The van der Waals surface area contributed by atoms with Crippen molar-refractivity contribution in [3.05, 3.63) is 29.3 Å². The number of carbonyl (C=O) groups is 3. The minimum absolute atomic E-state index is 0.0485. The Hall–Kier alpha value is -2.41. The minimum atomic E-state index is -0.516. The van der Waals surface area contributed by atoms with Gasteiger partial charge in [0.05, 0.1) is 18.6 Å². The van der Waals surface area contributed by atoms with Crippen molar-refractivity contribution in [1.29, 1.82) is 0 Å². The number of likely N-dealkylation sites (tertiary alicyclic amines) is 1. The van der Waals surface area contributed by atoms with Crippen LogP contribution in [0.5, 0.6) is 0 Å². The average Bonchev–Trinajstić information content (AvgIpc) is 3.29. The molecule has 2 fully saturated rings. The van der Waals surface area contributed by atoms with Gasteiger partial charge < -0.3 is 20.3 Å². The molecule has 0 aromatic heterocycles. The van der Waals surface area contributed by atoms with Crippen molar-refractivity contribution in [3.63, 3.8) is 0 Å². The van der Waals surface area contributed by atoms with Gasteiger partial charge in [-0.15, -0.1) is 0 Å². The highest BCUT2D eigenvalue weighted by atomic mass is 16.5. The van der Waals surface area contributed by atoms with Crippen molar-refractivity contribution in [2.24, 2.45) is 5.92 Å². The van der Waals surface area contributed by atoms with E-state index in [0.29, 0.717) is 38.1 Å². The Morgan fingerprint density at radius 2 is 2.19 bits per heavy atom. The van der Waals surface area contributed by atoms with Crippen LogP contribution in [0.15, 0.2) is 18.2 Å². The molecule has 4 rings (SSSR count). The van der Waals surface area contributed by atoms with Gasteiger partial charge in [-0.1, -0.05) is 0 Å². The first-order valence-corrected chi connectivity index (χ1v) is 9.03. The lowest BCUT2D eigenvalue weighted by atomic mass is 9.99. The molecule has 1 aromatic carbocycles. The Labute approximate surface area is 152 Å². The first-order valence-electron chi connectivity index (χ1n) is 9.03. The largest absolute Gasteiger partial charge is 0.382 e. The first kappa shape index (κ1) is 17.0. The van der Waals surface area contributed by atoms with Crippen molar-refractivity contribution in [2.45, 2.75) is 31.2 Å². The van der Waals surface area contributed by atoms with Gasteiger partial charge in [0.1, 0.15) is 0 Å². The molecule has 7 heteroatoms. The molecule has 7 nitrogen and oxygen atoms in total. The third kappa shape index (κ3) is 3.19. The molecular formula is C19H23N3O4. The summed E-state index contributed by atoms with van der Waals surface area (Å²) in [6.45, 7) is 1.39. The topological polar surface area (TPSA) is 87.7 Å². The predicted molar refractivity (Wildman–Crippen MR) is 94.8 cm³/mol. The van der Waals surface area contributed by atoms with Crippen LogP contribution in [-0.2, 0) is 20.7 Å². The third-order valence-electron chi connectivity index (χ3n) is 5.38. The van der Waals surface area contributed by atoms with Crippen LogP contribution >= 0.6 is 0 Å². The van der Waals surface area contributed by atoms with Gasteiger partial charge in [-0.3, -0.25) is 14.4 Å². The zero-order chi connectivity index (χ0) is 18.3. The SMILES string of the molecule is COCC1(NC(=O)C2CC2)CCN(C(=O)c2ccc3c(c2)CC(=O)N3)C1. The van der Waals surface area contributed by atoms with Crippen molar-refractivity contribution >= 4 is 23.4 Å². The van der Waals surface area contributed by atoms with E-state index in [1.807, 2.05) is 0 Å². The molecule has 0 spiro atoms. The number of benzene rings is 1. The summed E-state index contributed by atoms with van der Waals surface area (Å²) in [4.78, 5) is 38.4. The van der Waals surface area contributed by atoms with E-state index in [2.05, 4.69) is 10.6 Å². The van der Waals surface area contributed by atoms with Crippen LogP contribution in [0.4, 0.5) is 5.69 Å². The fourth-order valence-electron chi connectivity index (χ4n) is 3.83. The molecule has 2 aliphatic heterocycles. The number of nitrogens with zero attached hydrogens (tertiary/aromatic N) is 1. The third-order valence-corrected chi connectivity index (χ3v) is 5.38. The normalized spacial score (nSPS) is 24.3. The molecule has 1 unspecified atom stereocenters. The van der Waals surface area contributed by atoms with Crippen LogP contribution in [-0.4, -0.2) is 55.0 Å². The molecule has 1 aromatic rings. The smallest absolute Gasteiger partial charge is 0.253 e. The molecule has 3 amide bonds. The Morgan fingerprint density at radius 1 is 1.38 bits per heavy atom. The molecule has 2 heterocycles. The summed E-state index contributed by atoms with van der Waals surface area (Å²) in [7, 11) is 1.61. The number of ether oxygens (including phenoxy) is 1. The molecule has 1 saturated heterocycles. The highest BCUT2D eigenvalue weighted by Crippen LogP contribution is 2.32. The second-order valence-electron chi connectivity index (χ2n) is 7.55. The van der Waals surface area contributed by atoms with Crippen LogP contribution in [0.2, 0.25) is 0 Å². The lowest BCUT2D eigenvalue weighted by molar-refractivity contribution is -0.124. The van der Waals surface area contributed by atoms with Gasteiger partial charge in [0, 0.05) is 37.4 Å². The quantitative estimate of drug-likeness (QED) is 0.821. The molecule has 0 radical (unpaired) electrons. The number of methoxy groups -OCH3 is 1. The summed E-state index contributed by atoms with van der Waals surface area (Å²) in [6, 6.07) is 5.31. The number of carbonyl (C=O) groups excluding carboxylic acids is 3. The van der Waals surface area contributed by atoms with E-state index in [0.717, 1.165) is 24.1 Å². The first-order chi connectivity index (χ1) is 12.5. The maximum absolute atomic E-state index is 12.9. The summed E-state index contributed by atoms with van der Waals surface area (Å²) in [6.07, 6.45) is 2.87. The maximum atomic E-state index is 12.9. The average molecular weight is 357 g/mol. The Bertz CT molecular complexity index is 774. The van der Waals surface area contributed by atoms with E-state index < -0.39 is 5.54 Å². The standard InChI is InChI=1S/C19H23N3O4/c1-26-11-19(21-17(24)12-2-3-12)6-7-22(10-19)18(25)13-4-5-15-14(8-13)9-16(23)20-15/h4-5,8,12H,2-3,6-7,9-11H2,1H3,(H,20,23)(H,21,24). The second-order valence-corrected chi connectivity index (χ2v) is 7.55. The van der Waals surface area contributed by atoms with Gasteiger partial charge in [0.2, 0.25) is 11.8 Å². The Morgan fingerprint density at radius 3 is 2.92 bits per heavy atom. The van der Waals surface area contributed by atoms with Crippen molar-refractivity contribution in [1.82, 2.24) is 10.2 Å². The highest BCUT2D eigenvalue weighted by molar-refractivity contribution is 6.01. The van der Waals surface area contributed by atoms with Crippen LogP contribution in [0.1, 0.15) is 35.2 Å². The number of rotatable bonds is 5. The number of hydrogen-bond acceptors (Lipinski definition) is 4. The molecule has 0 bridgehead atoms. The van der Waals surface area contributed by atoms with Gasteiger partial charge in [0.25, 0.3) is 5.91 Å². The lowest BCUT2D eigenvalue weighted by Gasteiger charge is -2.30. The van der Waals surface area contributed by atoms with E-state index in [9.17, 15) is 14.4 Å². The number of hydrogen-bond donors (Lipinski definition) is 2. The molecule has 3 aliphatic rings. The molecule has 26 heavy (non-hydrogen) atoms. The molecule has 1 aliphatic carbocycles. The zero-order valence-electron chi connectivity index (χ0n) is 14.8. The lowest BCUT2D eigenvalue weighted by Crippen LogP contribution is -2.54. The van der Waals surface area contributed by atoms with E-state index >= 15 is 0 Å². The summed E-state index contributed by atoms with van der Waals surface area (Å²) in [5, 5.41) is 5.90. The van der Waals surface area contributed by atoms with Gasteiger partial charge in [-0.2, -0.15) is 0 Å². The van der Waals surface area contributed by atoms with Gasteiger partial charge in [-0.05, 0) is 43.0 Å². The fourth-order valence-corrected chi connectivity index (χ4v) is 3.83. The summed E-state index contributed by atoms with van der Waals surface area (Å²) in [5.74, 6) is 0.0622. The fraction of sp³-hybridized carbons (Fsp3) is 0.526. The van der Waals surface area contributed by atoms with E-state index in [1.165, 1.54) is 0 Å². The molecule has 2 N–H and O–H groups in total. The van der Waals surface area contributed by atoms with Crippen LogP contribution in [0, 0.1) is 5.92 Å². The van der Waals surface area contributed by atoms with Gasteiger partial charge in [0.15, 0.2) is 0 Å². The van der Waals surface area contributed by atoms with E-state index in [1.54, 1.807) is 30.2 Å². The minimum Gasteiger partial charge on any atom is -0.382 e. The number of nitrogens with one attached hydrogen (secondary N) is 2. The summed E-state index contributed by atoms with van der Waals surface area (Å²) < 4.78 is 5.34.